The standard InChI is InChI=1S/C60H68Cl4O4S2/c1-57(2,3)43-25-35-21-39-29-45(59(7,8)9)31-41(55(39)67-17-19-69-51-33-47(61)13-15-49(51)63)23-37-27-44(58(4,5)6)28-38(54(37)66)24-42-32-46(60(10,11)12)30-40(22-36(26-43)53(35)65)56(42)68-18-20-70-52-34-48(62)14-16-50(52)64/h13-16,25-34,65-66H,17-24H2,1-12H3. The Balaban J connectivity index is 1.45. The third-order valence-electron chi connectivity index (χ3n) is 13.0. The van der Waals surface area contributed by atoms with Crippen LogP contribution in [0.2, 0.25) is 20.1 Å². The van der Waals surface area contributed by atoms with Crippen LogP contribution in [0.15, 0.2) is 94.7 Å². The summed E-state index contributed by atoms with van der Waals surface area (Å²) in [6.45, 7) is 27.5. The van der Waals surface area contributed by atoms with Crippen molar-refractivity contribution in [2.45, 2.75) is 140 Å². The van der Waals surface area contributed by atoms with Gasteiger partial charge in [0.15, 0.2) is 0 Å². The zero-order valence-corrected chi connectivity index (χ0v) is 47.4. The number of hydrogen-bond acceptors (Lipinski definition) is 6. The molecule has 0 amide bonds. The second-order valence-corrected chi connectivity index (χ2v) is 26.7. The van der Waals surface area contributed by atoms with Crippen molar-refractivity contribution in [3.05, 3.63) is 172 Å². The Morgan fingerprint density at radius 3 is 0.914 bits per heavy atom. The highest BCUT2D eigenvalue weighted by molar-refractivity contribution is 7.99. The molecule has 0 fully saturated rings. The van der Waals surface area contributed by atoms with E-state index >= 15 is 0 Å². The Morgan fingerprint density at radius 1 is 0.400 bits per heavy atom. The van der Waals surface area contributed by atoms with Crippen LogP contribution < -0.4 is 9.47 Å². The monoisotopic (exact) mass is 1060 g/mol. The third kappa shape index (κ3) is 13.1. The molecule has 0 spiro atoms. The summed E-state index contributed by atoms with van der Waals surface area (Å²) < 4.78 is 14.0. The van der Waals surface area contributed by atoms with Crippen molar-refractivity contribution in [1.82, 2.24) is 0 Å². The summed E-state index contributed by atoms with van der Waals surface area (Å²) in [5.41, 5.74) is 10.8. The molecule has 0 radical (unpaired) electrons. The van der Waals surface area contributed by atoms with Gasteiger partial charge >= 0.3 is 0 Å². The molecule has 0 saturated heterocycles. The zero-order chi connectivity index (χ0) is 51.1. The summed E-state index contributed by atoms with van der Waals surface area (Å²) >= 11 is 29.2. The van der Waals surface area contributed by atoms with Crippen LogP contribution in [0.1, 0.15) is 150 Å². The van der Waals surface area contributed by atoms with E-state index < -0.39 is 0 Å². The number of aromatic hydroxyl groups is 2. The molecule has 0 aliphatic heterocycles. The van der Waals surface area contributed by atoms with Crippen molar-refractivity contribution in [3.63, 3.8) is 0 Å². The lowest BCUT2D eigenvalue weighted by Crippen LogP contribution is -2.17. The number of fused-ring (bicyclic) bond motifs is 8. The van der Waals surface area contributed by atoms with E-state index in [0.29, 0.717) is 70.5 Å². The number of halogens is 4. The fourth-order valence-corrected chi connectivity index (χ4v) is 11.4. The number of rotatable bonds is 10. The summed E-state index contributed by atoms with van der Waals surface area (Å²) in [6, 6.07) is 28.7. The van der Waals surface area contributed by atoms with E-state index in [1.165, 1.54) is 0 Å². The predicted octanol–water partition coefficient (Wildman–Crippen LogP) is 17.9. The second-order valence-electron chi connectivity index (χ2n) is 22.8. The van der Waals surface area contributed by atoms with Gasteiger partial charge in [0, 0.05) is 57.0 Å². The number of thioether (sulfide) groups is 2. The summed E-state index contributed by atoms with van der Waals surface area (Å²) in [7, 11) is 0. The minimum atomic E-state index is -0.226. The van der Waals surface area contributed by atoms with Gasteiger partial charge in [-0.25, -0.2) is 0 Å². The molecular weight excluding hydrogens is 991 g/mol. The highest BCUT2D eigenvalue weighted by Crippen LogP contribution is 2.44. The molecule has 7 rings (SSSR count). The van der Waals surface area contributed by atoms with Crippen molar-refractivity contribution in [3.8, 4) is 23.0 Å². The molecule has 0 saturated carbocycles. The van der Waals surface area contributed by atoms with Crippen molar-refractivity contribution in [2.24, 2.45) is 0 Å². The molecule has 0 heterocycles. The SMILES string of the molecule is CC(C)(C)c1cc2c(O)c(c1)Cc1cc(C(C)(C)C)cc(c1OCCSc1cc(Cl)ccc1Cl)Cc1cc(C(C)(C)C)cc(c1O)Cc1cc(C(C)(C)C)cc(c1OCCSc1cc(Cl)ccc1Cl)C2. The van der Waals surface area contributed by atoms with Gasteiger partial charge in [0.25, 0.3) is 0 Å². The largest absolute Gasteiger partial charge is 0.507 e. The highest BCUT2D eigenvalue weighted by atomic mass is 35.5. The Morgan fingerprint density at radius 2 is 0.657 bits per heavy atom. The molecule has 2 N–H and O–H groups in total. The molecule has 70 heavy (non-hydrogen) atoms. The highest BCUT2D eigenvalue weighted by Gasteiger charge is 2.29. The quantitative estimate of drug-likeness (QED) is 0.105. The van der Waals surface area contributed by atoms with Crippen LogP contribution >= 0.6 is 69.9 Å². The van der Waals surface area contributed by atoms with E-state index in [9.17, 15) is 10.2 Å². The molecular formula is C60H68Cl4O4S2. The molecule has 0 aromatic heterocycles. The van der Waals surface area contributed by atoms with Gasteiger partial charge in [-0.15, -0.1) is 23.5 Å². The van der Waals surface area contributed by atoms with Gasteiger partial charge in [0.1, 0.15) is 23.0 Å². The normalized spacial score (nSPS) is 13.4. The van der Waals surface area contributed by atoms with E-state index in [0.717, 1.165) is 88.1 Å². The number of phenols is 2. The van der Waals surface area contributed by atoms with E-state index in [1.54, 1.807) is 35.7 Å². The first-order valence-electron chi connectivity index (χ1n) is 24.1. The molecule has 10 heteroatoms. The van der Waals surface area contributed by atoms with Crippen molar-refractivity contribution in [1.29, 1.82) is 0 Å². The molecule has 1 aliphatic carbocycles. The van der Waals surface area contributed by atoms with Crippen molar-refractivity contribution >= 4 is 69.9 Å². The fraction of sp³-hybridized carbons (Fsp3) is 0.400. The molecule has 8 bridgehead atoms. The first kappa shape index (κ1) is 54.2. The van der Waals surface area contributed by atoms with Crippen LogP contribution in [0, 0.1) is 0 Å². The van der Waals surface area contributed by atoms with Gasteiger partial charge < -0.3 is 19.7 Å². The number of phenolic OH excluding ortho intramolecular Hbond substituents is 2. The maximum absolute atomic E-state index is 12.7. The summed E-state index contributed by atoms with van der Waals surface area (Å²) in [5.74, 6) is 3.28. The lowest BCUT2D eigenvalue weighted by Gasteiger charge is -2.28. The van der Waals surface area contributed by atoms with Gasteiger partial charge in [0.2, 0.25) is 0 Å². The van der Waals surface area contributed by atoms with Crippen LogP contribution in [0.4, 0.5) is 0 Å². The maximum atomic E-state index is 12.7. The predicted molar refractivity (Wildman–Crippen MR) is 300 cm³/mol. The molecule has 4 nitrogen and oxygen atoms in total. The topological polar surface area (TPSA) is 58.9 Å². The van der Waals surface area contributed by atoms with E-state index in [4.69, 9.17) is 55.9 Å². The molecule has 6 aromatic rings. The minimum Gasteiger partial charge on any atom is -0.507 e. The second kappa shape index (κ2) is 21.5. The van der Waals surface area contributed by atoms with Gasteiger partial charge in [-0.05, 0) is 125 Å². The van der Waals surface area contributed by atoms with Gasteiger partial charge in [0.05, 0.1) is 23.3 Å². The average molecular weight is 1060 g/mol. The number of ether oxygens (including phenoxy) is 2. The van der Waals surface area contributed by atoms with Gasteiger partial charge in [-0.2, -0.15) is 0 Å². The fourth-order valence-electron chi connectivity index (χ4n) is 8.78. The van der Waals surface area contributed by atoms with E-state index in [2.05, 4.69) is 132 Å². The van der Waals surface area contributed by atoms with Crippen LogP contribution in [0.25, 0.3) is 0 Å². The van der Waals surface area contributed by atoms with E-state index in [1.807, 2.05) is 24.3 Å². The zero-order valence-electron chi connectivity index (χ0n) is 42.8. The molecule has 372 valence electrons. The molecule has 0 atom stereocenters. The Hall–Kier alpha value is -3.62. The van der Waals surface area contributed by atoms with Crippen LogP contribution in [-0.4, -0.2) is 34.9 Å². The van der Waals surface area contributed by atoms with Gasteiger partial charge in [-0.3, -0.25) is 0 Å². The Kier molecular flexibility index (Phi) is 16.6. The Bertz CT molecular complexity index is 2600. The van der Waals surface area contributed by atoms with Crippen molar-refractivity contribution in [2.75, 3.05) is 24.7 Å². The summed E-state index contributed by atoms with van der Waals surface area (Å²) in [4.78, 5) is 1.79. The molecule has 6 aromatic carbocycles. The smallest absolute Gasteiger partial charge is 0.126 e. The van der Waals surface area contributed by atoms with Crippen LogP contribution in [-0.2, 0) is 47.3 Å². The van der Waals surface area contributed by atoms with Crippen molar-refractivity contribution < 1.29 is 19.7 Å². The summed E-state index contributed by atoms with van der Waals surface area (Å²) in [6.07, 6.45) is 1.67. The van der Waals surface area contributed by atoms with E-state index in [-0.39, 0.29) is 33.2 Å². The lowest BCUT2D eigenvalue weighted by atomic mass is 9.79. The first-order chi connectivity index (χ1) is 32.6. The summed E-state index contributed by atoms with van der Waals surface area (Å²) in [5, 5.41) is 28.0. The Labute approximate surface area is 446 Å². The third-order valence-corrected chi connectivity index (χ3v) is 16.4. The number of benzene rings is 6. The molecule has 1 aliphatic rings. The average Bonchev–Trinajstić information content (AvgIpc) is 3.25. The number of hydrogen-bond donors (Lipinski definition) is 2. The molecule has 0 unspecified atom stereocenters. The van der Waals surface area contributed by atoms with Crippen LogP contribution in [0.3, 0.4) is 0 Å². The van der Waals surface area contributed by atoms with Crippen LogP contribution in [0.5, 0.6) is 23.0 Å². The maximum Gasteiger partial charge on any atom is 0.126 e. The van der Waals surface area contributed by atoms with Gasteiger partial charge in [-0.1, -0.05) is 178 Å². The minimum absolute atomic E-state index is 0.216. The lowest BCUT2D eigenvalue weighted by molar-refractivity contribution is 0.336. The first-order valence-corrected chi connectivity index (χ1v) is 27.6.